The summed E-state index contributed by atoms with van der Waals surface area (Å²) in [5, 5.41) is 6.61. The number of anilines is 4. The zero-order valence-electron chi connectivity index (χ0n) is 20.9. The van der Waals surface area contributed by atoms with Gasteiger partial charge in [0.25, 0.3) is 0 Å². The molecule has 188 valence electrons. The Morgan fingerprint density at radius 2 is 1.35 bits per heavy atom. The van der Waals surface area contributed by atoms with Crippen LogP contribution in [-0.4, -0.2) is 23.3 Å². The second kappa shape index (κ2) is 15.3. The molecule has 0 unspecified atom stereocenters. The van der Waals surface area contributed by atoms with Crippen LogP contribution in [0.2, 0.25) is 0 Å². The number of nitrogen functional groups attached to an aromatic ring is 1. The van der Waals surface area contributed by atoms with Crippen LogP contribution in [0.1, 0.15) is 96.8 Å². The molecule has 1 aliphatic rings. The van der Waals surface area contributed by atoms with E-state index < -0.39 is 0 Å². The van der Waals surface area contributed by atoms with Crippen LogP contribution in [0.15, 0.2) is 24.5 Å². The molecule has 4 N–H and O–H groups in total. The number of nitrogens with two attached hydrogens (primary N) is 1. The number of nitrogens with one attached hydrogen (secondary N) is 2. The van der Waals surface area contributed by atoms with Crippen molar-refractivity contribution in [3.63, 3.8) is 0 Å². The number of ether oxygens (including phenoxy) is 2. The molecule has 1 aromatic carbocycles. The molecule has 0 aliphatic carbocycles. The van der Waals surface area contributed by atoms with Crippen LogP contribution in [0, 0.1) is 0 Å². The van der Waals surface area contributed by atoms with Crippen LogP contribution in [0.4, 0.5) is 23.0 Å². The molecule has 7 nitrogen and oxygen atoms in total. The number of benzene rings is 1. The first-order valence-corrected chi connectivity index (χ1v) is 13.3. The number of aromatic nitrogens is 2. The third-order valence-corrected chi connectivity index (χ3v) is 6.34. The summed E-state index contributed by atoms with van der Waals surface area (Å²) in [6, 6.07) is 5.67. The fraction of sp³-hybridized carbons (Fsp3) is 0.630. The minimum Gasteiger partial charge on any atom is -0.454 e. The standard InChI is InChI=1S/C27H43N5O2/c1-2-3-4-5-6-7-8-9-10-11-12-13-14-15-18-29-26-25(28)27(31-20-30-26)32-22-16-17-23-24(19-22)34-21-33-23/h16-17,19-20H,2-15,18,21,28H2,1H3,(H2,29,30,31,32). The number of unbranched alkanes of at least 4 members (excludes halogenated alkanes) is 13. The first kappa shape index (κ1) is 25.9. The summed E-state index contributed by atoms with van der Waals surface area (Å²) in [4.78, 5) is 8.60. The molecule has 2 aromatic rings. The highest BCUT2D eigenvalue weighted by molar-refractivity contribution is 5.78. The second-order valence-corrected chi connectivity index (χ2v) is 9.20. The van der Waals surface area contributed by atoms with E-state index in [1.807, 2.05) is 18.2 Å². The third kappa shape index (κ3) is 8.92. The smallest absolute Gasteiger partial charge is 0.231 e. The van der Waals surface area contributed by atoms with Gasteiger partial charge in [0.15, 0.2) is 23.1 Å². The number of fused-ring (bicyclic) bond motifs is 1. The molecular formula is C27H43N5O2. The average molecular weight is 470 g/mol. The molecule has 34 heavy (non-hydrogen) atoms. The monoisotopic (exact) mass is 469 g/mol. The second-order valence-electron chi connectivity index (χ2n) is 9.20. The Bertz CT molecular complexity index is 846. The molecule has 1 aromatic heterocycles. The molecule has 0 saturated carbocycles. The molecule has 0 saturated heterocycles. The predicted molar refractivity (Wildman–Crippen MR) is 141 cm³/mol. The SMILES string of the molecule is CCCCCCCCCCCCCCCCNc1ncnc(Nc2ccc3c(c2)OCO3)c1N. The quantitative estimate of drug-likeness (QED) is 0.195. The van der Waals surface area contributed by atoms with Gasteiger partial charge in [-0.3, -0.25) is 0 Å². The van der Waals surface area contributed by atoms with Crippen LogP contribution in [0.3, 0.4) is 0 Å². The van der Waals surface area contributed by atoms with Crippen molar-refractivity contribution >= 4 is 23.0 Å². The van der Waals surface area contributed by atoms with Gasteiger partial charge in [-0.15, -0.1) is 0 Å². The highest BCUT2D eigenvalue weighted by Crippen LogP contribution is 2.36. The fourth-order valence-corrected chi connectivity index (χ4v) is 4.27. The minimum atomic E-state index is 0.252. The summed E-state index contributed by atoms with van der Waals surface area (Å²) in [6.07, 6.45) is 20.6. The molecule has 0 fully saturated rings. The first-order chi connectivity index (χ1) is 16.8. The van der Waals surface area contributed by atoms with Crippen LogP contribution < -0.4 is 25.8 Å². The summed E-state index contributed by atoms with van der Waals surface area (Å²) in [5.74, 6) is 2.72. The van der Waals surface area contributed by atoms with E-state index in [1.54, 1.807) is 0 Å². The van der Waals surface area contributed by atoms with Gasteiger partial charge >= 0.3 is 0 Å². The normalized spacial score (nSPS) is 12.1. The maximum Gasteiger partial charge on any atom is 0.231 e. The van der Waals surface area contributed by atoms with Crippen molar-refractivity contribution in [1.82, 2.24) is 9.97 Å². The Labute approximate surface area is 205 Å². The highest BCUT2D eigenvalue weighted by Gasteiger charge is 2.14. The van der Waals surface area contributed by atoms with Crippen LogP contribution >= 0.6 is 0 Å². The fourth-order valence-electron chi connectivity index (χ4n) is 4.27. The summed E-state index contributed by atoms with van der Waals surface area (Å²) in [7, 11) is 0. The van der Waals surface area contributed by atoms with Gasteiger partial charge in [0.1, 0.15) is 12.0 Å². The van der Waals surface area contributed by atoms with Gasteiger partial charge in [0.2, 0.25) is 6.79 Å². The lowest BCUT2D eigenvalue weighted by molar-refractivity contribution is 0.174. The van der Waals surface area contributed by atoms with E-state index in [0.29, 0.717) is 23.1 Å². The number of nitrogens with zero attached hydrogens (tertiary/aromatic N) is 2. The Hall–Kier alpha value is -2.70. The molecule has 1 aliphatic heterocycles. The van der Waals surface area contributed by atoms with Gasteiger partial charge in [-0.1, -0.05) is 90.4 Å². The molecule has 0 radical (unpaired) electrons. The molecule has 2 heterocycles. The van der Waals surface area contributed by atoms with E-state index in [9.17, 15) is 0 Å². The Balaban J connectivity index is 1.23. The number of hydrogen-bond donors (Lipinski definition) is 3. The first-order valence-electron chi connectivity index (χ1n) is 13.3. The van der Waals surface area contributed by atoms with Gasteiger partial charge in [-0.05, 0) is 18.6 Å². The van der Waals surface area contributed by atoms with E-state index in [2.05, 4.69) is 27.5 Å². The van der Waals surface area contributed by atoms with Crippen molar-refractivity contribution in [2.45, 2.75) is 96.8 Å². The van der Waals surface area contributed by atoms with Crippen molar-refractivity contribution in [2.24, 2.45) is 0 Å². The summed E-state index contributed by atoms with van der Waals surface area (Å²) in [5.41, 5.74) is 7.66. The van der Waals surface area contributed by atoms with E-state index >= 15 is 0 Å². The summed E-state index contributed by atoms with van der Waals surface area (Å²) >= 11 is 0. The van der Waals surface area contributed by atoms with Crippen molar-refractivity contribution < 1.29 is 9.47 Å². The molecule has 7 heteroatoms. The summed E-state index contributed by atoms with van der Waals surface area (Å²) < 4.78 is 10.8. The number of rotatable bonds is 18. The van der Waals surface area contributed by atoms with E-state index in [1.165, 1.54) is 89.8 Å². The molecule has 3 rings (SSSR count). The third-order valence-electron chi connectivity index (χ3n) is 6.34. The zero-order chi connectivity index (χ0) is 23.8. The Morgan fingerprint density at radius 1 is 0.765 bits per heavy atom. The summed E-state index contributed by atoms with van der Waals surface area (Å²) in [6.45, 7) is 3.40. The largest absolute Gasteiger partial charge is 0.454 e. The van der Waals surface area contributed by atoms with Crippen LogP contribution in [-0.2, 0) is 0 Å². The maximum absolute atomic E-state index is 6.30. The van der Waals surface area contributed by atoms with E-state index in [0.717, 1.165) is 24.4 Å². The van der Waals surface area contributed by atoms with Crippen LogP contribution in [0.25, 0.3) is 0 Å². The molecular weight excluding hydrogens is 426 g/mol. The molecule has 0 bridgehead atoms. The topological polar surface area (TPSA) is 94.3 Å². The lowest BCUT2D eigenvalue weighted by Crippen LogP contribution is -2.09. The van der Waals surface area contributed by atoms with Gasteiger partial charge in [-0.25, -0.2) is 9.97 Å². The number of hydrogen-bond acceptors (Lipinski definition) is 7. The predicted octanol–water partition coefficient (Wildman–Crippen LogP) is 7.42. The van der Waals surface area contributed by atoms with Crippen molar-refractivity contribution in [3.8, 4) is 11.5 Å². The Morgan fingerprint density at radius 3 is 2.03 bits per heavy atom. The average Bonchev–Trinajstić information content (AvgIpc) is 3.32. The van der Waals surface area contributed by atoms with Crippen molar-refractivity contribution in [1.29, 1.82) is 0 Å². The van der Waals surface area contributed by atoms with Gasteiger partial charge in [-0.2, -0.15) is 0 Å². The van der Waals surface area contributed by atoms with Crippen LogP contribution in [0.5, 0.6) is 11.5 Å². The molecule has 0 spiro atoms. The zero-order valence-corrected chi connectivity index (χ0v) is 20.9. The molecule has 0 atom stereocenters. The van der Waals surface area contributed by atoms with Gasteiger partial charge < -0.3 is 25.8 Å². The van der Waals surface area contributed by atoms with Crippen molar-refractivity contribution in [2.75, 3.05) is 29.7 Å². The maximum atomic E-state index is 6.30. The Kier molecular flexibility index (Phi) is 11.6. The lowest BCUT2D eigenvalue weighted by Gasteiger charge is -2.13. The highest BCUT2D eigenvalue weighted by atomic mass is 16.7. The lowest BCUT2D eigenvalue weighted by atomic mass is 10.0. The van der Waals surface area contributed by atoms with Gasteiger partial charge in [0.05, 0.1) is 0 Å². The van der Waals surface area contributed by atoms with E-state index in [-0.39, 0.29) is 6.79 Å². The minimum absolute atomic E-state index is 0.252. The van der Waals surface area contributed by atoms with Crippen molar-refractivity contribution in [3.05, 3.63) is 24.5 Å². The van der Waals surface area contributed by atoms with Gasteiger partial charge in [0, 0.05) is 18.3 Å². The van der Waals surface area contributed by atoms with E-state index in [4.69, 9.17) is 15.2 Å². The molecule has 0 amide bonds.